The van der Waals surface area contributed by atoms with Gasteiger partial charge in [0.05, 0.1) is 6.04 Å². The van der Waals surface area contributed by atoms with E-state index in [4.69, 9.17) is 21.3 Å². The van der Waals surface area contributed by atoms with Gasteiger partial charge in [0.1, 0.15) is 12.3 Å². The fraction of sp³-hybridized carbons (Fsp3) is 0.261. The zero-order chi connectivity index (χ0) is 19.3. The summed E-state index contributed by atoms with van der Waals surface area (Å²) in [6, 6.07) is 20.8. The highest BCUT2D eigenvalue weighted by Gasteiger charge is 2.22. The summed E-state index contributed by atoms with van der Waals surface area (Å²) in [7, 11) is 0. The molecule has 0 amide bonds. The highest BCUT2D eigenvalue weighted by molar-refractivity contribution is 7.98. The van der Waals surface area contributed by atoms with Crippen molar-refractivity contribution in [2.24, 2.45) is 4.99 Å². The van der Waals surface area contributed by atoms with E-state index in [0.29, 0.717) is 13.2 Å². The highest BCUT2D eigenvalue weighted by atomic mass is 35.5. The molecule has 2 heterocycles. The Morgan fingerprint density at radius 1 is 1.07 bits per heavy atom. The fourth-order valence-corrected chi connectivity index (χ4v) is 4.57. The maximum atomic E-state index is 6.32. The first-order chi connectivity index (χ1) is 13.7. The Morgan fingerprint density at radius 2 is 1.86 bits per heavy atom. The molecule has 1 aromatic heterocycles. The van der Waals surface area contributed by atoms with Crippen molar-refractivity contribution in [2.45, 2.75) is 25.3 Å². The maximum absolute atomic E-state index is 6.32. The van der Waals surface area contributed by atoms with Gasteiger partial charge in [0.25, 0.3) is 0 Å². The van der Waals surface area contributed by atoms with Crippen LogP contribution < -0.4 is 0 Å². The SMILES string of the molecule is Cc1ccccc1CSC[C@@H]1COC(c2cccn2Cc2ccccc2Cl)=N1. The van der Waals surface area contributed by atoms with E-state index in [9.17, 15) is 0 Å². The van der Waals surface area contributed by atoms with Crippen LogP contribution >= 0.6 is 23.4 Å². The Hall–Kier alpha value is -2.17. The number of aliphatic imine (C=N–C) groups is 1. The molecule has 0 spiro atoms. The van der Waals surface area contributed by atoms with Gasteiger partial charge in [0.2, 0.25) is 5.90 Å². The molecule has 28 heavy (non-hydrogen) atoms. The lowest BCUT2D eigenvalue weighted by molar-refractivity contribution is 0.323. The van der Waals surface area contributed by atoms with Crippen molar-refractivity contribution in [1.29, 1.82) is 0 Å². The molecule has 0 radical (unpaired) electrons. The molecule has 0 saturated carbocycles. The summed E-state index contributed by atoms with van der Waals surface area (Å²) in [4.78, 5) is 4.83. The van der Waals surface area contributed by atoms with Crippen molar-refractivity contribution in [1.82, 2.24) is 4.57 Å². The van der Waals surface area contributed by atoms with Crippen LogP contribution in [-0.4, -0.2) is 28.9 Å². The van der Waals surface area contributed by atoms with Crippen LogP contribution in [0.3, 0.4) is 0 Å². The van der Waals surface area contributed by atoms with Crippen LogP contribution in [0.15, 0.2) is 71.9 Å². The first-order valence-corrected chi connectivity index (χ1v) is 11.0. The fourth-order valence-electron chi connectivity index (χ4n) is 3.27. The van der Waals surface area contributed by atoms with Crippen LogP contribution in [0.5, 0.6) is 0 Å². The third kappa shape index (κ3) is 4.45. The molecule has 144 valence electrons. The lowest BCUT2D eigenvalue weighted by Crippen LogP contribution is -2.11. The number of rotatable bonds is 7. The third-order valence-electron chi connectivity index (χ3n) is 4.89. The van der Waals surface area contributed by atoms with Gasteiger partial charge in [0.15, 0.2) is 0 Å². The van der Waals surface area contributed by atoms with Crippen LogP contribution in [0, 0.1) is 6.92 Å². The lowest BCUT2D eigenvalue weighted by Gasteiger charge is -2.10. The number of ether oxygens (including phenoxy) is 1. The van der Waals surface area contributed by atoms with E-state index in [2.05, 4.69) is 47.9 Å². The minimum atomic E-state index is 0.202. The summed E-state index contributed by atoms with van der Waals surface area (Å²) in [5.41, 5.74) is 4.83. The number of nitrogens with zero attached hydrogens (tertiary/aromatic N) is 2. The number of aryl methyl sites for hydroxylation is 1. The number of hydrogen-bond acceptors (Lipinski definition) is 3. The van der Waals surface area contributed by atoms with E-state index in [0.717, 1.165) is 33.7 Å². The van der Waals surface area contributed by atoms with Gasteiger partial charge in [-0.2, -0.15) is 11.8 Å². The number of aromatic nitrogens is 1. The van der Waals surface area contributed by atoms with Crippen molar-refractivity contribution in [3.63, 3.8) is 0 Å². The predicted molar refractivity (Wildman–Crippen MR) is 119 cm³/mol. The van der Waals surface area contributed by atoms with Gasteiger partial charge in [-0.15, -0.1) is 0 Å². The van der Waals surface area contributed by atoms with Crippen molar-refractivity contribution in [3.05, 3.63) is 94.3 Å². The normalized spacial score (nSPS) is 16.1. The van der Waals surface area contributed by atoms with Gasteiger partial charge in [-0.05, 0) is 41.8 Å². The molecule has 1 aliphatic heterocycles. The van der Waals surface area contributed by atoms with E-state index >= 15 is 0 Å². The average Bonchev–Trinajstić information content (AvgIpc) is 3.34. The number of halogens is 1. The second kappa shape index (κ2) is 8.89. The molecule has 0 aliphatic carbocycles. The second-order valence-corrected chi connectivity index (χ2v) is 8.39. The predicted octanol–water partition coefficient (Wildman–Crippen LogP) is 5.58. The molecule has 0 N–H and O–H groups in total. The van der Waals surface area contributed by atoms with Crippen LogP contribution in [0.2, 0.25) is 5.02 Å². The van der Waals surface area contributed by atoms with Crippen molar-refractivity contribution < 1.29 is 4.74 Å². The number of hydrogen-bond donors (Lipinski definition) is 0. The minimum Gasteiger partial charge on any atom is -0.474 e. The molecule has 0 bridgehead atoms. The number of benzene rings is 2. The Morgan fingerprint density at radius 3 is 2.68 bits per heavy atom. The largest absolute Gasteiger partial charge is 0.474 e. The smallest absolute Gasteiger partial charge is 0.233 e. The first kappa shape index (κ1) is 19.2. The topological polar surface area (TPSA) is 26.5 Å². The molecule has 0 unspecified atom stereocenters. The molecule has 1 atom stereocenters. The Kier molecular flexibility index (Phi) is 6.08. The maximum Gasteiger partial charge on any atom is 0.233 e. The minimum absolute atomic E-state index is 0.202. The summed E-state index contributed by atoms with van der Waals surface area (Å²) < 4.78 is 8.07. The van der Waals surface area contributed by atoms with Gasteiger partial charge < -0.3 is 9.30 Å². The van der Waals surface area contributed by atoms with E-state index in [-0.39, 0.29) is 6.04 Å². The molecular formula is C23H23ClN2OS. The van der Waals surface area contributed by atoms with Gasteiger partial charge in [-0.1, -0.05) is 54.1 Å². The summed E-state index contributed by atoms with van der Waals surface area (Å²) in [6.45, 7) is 3.52. The number of thioether (sulfide) groups is 1. The van der Waals surface area contributed by atoms with Crippen LogP contribution in [0.4, 0.5) is 0 Å². The lowest BCUT2D eigenvalue weighted by atomic mass is 10.1. The summed E-state index contributed by atoms with van der Waals surface area (Å²) in [6.07, 6.45) is 2.05. The zero-order valence-corrected chi connectivity index (χ0v) is 17.4. The van der Waals surface area contributed by atoms with E-state index < -0.39 is 0 Å². The molecule has 5 heteroatoms. The molecule has 0 fully saturated rings. The average molecular weight is 411 g/mol. The third-order valence-corrected chi connectivity index (χ3v) is 6.39. The van der Waals surface area contributed by atoms with Crippen molar-refractivity contribution >= 4 is 29.3 Å². The van der Waals surface area contributed by atoms with E-state index in [1.807, 2.05) is 42.2 Å². The van der Waals surface area contributed by atoms with Gasteiger partial charge in [-0.25, -0.2) is 4.99 Å². The molecule has 4 rings (SSSR count). The second-order valence-electron chi connectivity index (χ2n) is 6.95. The molecule has 0 saturated heterocycles. The molecular weight excluding hydrogens is 388 g/mol. The monoisotopic (exact) mass is 410 g/mol. The van der Waals surface area contributed by atoms with Crippen LogP contribution in [0.1, 0.15) is 22.4 Å². The Bertz CT molecular complexity index is 982. The van der Waals surface area contributed by atoms with Crippen molar-refractivity contribution in [2.75, 3.05) is 12.4 Å². The zero-order valence-electron chi connectivity index (χ0n) is 15.8. The van der Waals surface area contributed by atoms with E-state index in [1.165, 1.54) is 11.1 Å². The molecule has 2 aromatic carbocycles. The summed E-state index contributed by atoms with van der Waals surface area (Å²) in [5, 5.41) is 0.780. The van der Waals surface area contributed by atoms with Gasteiger partial charge >= 0.3 is 0 Å². The van der Waals surface area contributed by atoms with Crippen molar-refractivity contribution in [3.8, 4) is 0 Å². The quantitative estimate of drug-likeness (QED) is 0.508. The van der Waals surface area contributed by atoms with E-state index in [1.54, 1.807) is 0 Å². The Labute approximate surface area is 175 Å². The summed E-state index contributed by atoms with van der Waals surface area (Å²) >= 11 is 8.23. The van der Waals surface area contributed by atoms with Gasteiger partial charge in [-0.3, -0.25) is 0 Å². The molecule has 3 aromatic rings. The molecule has 1 aliphatic rings. The van der Waals surface area contributed by atoms with Crippen LogP contribution in [-0.2, 0) is 17.0 Å². The highest BCUT2D eigenvalue weighted by Crippen LogP contribution is 2.22. The van der Waals surface area contributed by atoms with Gasteiger partial charge in [0, 0.05) is 29.3 Å². The summed E-state index contributed by atoms with van der Waals surface area (Å²) in [5.74, 6) is 2.71. The standard InChI is InChI=1S/C23H23ClN2OS/c1-17-7-2-3-9-19(17)15-28-16-20-14-27-23(25-20)22-11-6-12-26(22)13-18-8-4-5-10-21(18)24/h2-12,20H,13-16H2,1H3/t20-/m0/s1. The Balaban J connectivity index is 1.39. The van der Waals surface area contributed by atoms with Crippen LogP contribution in [0.25, 0.3) is 0 Å². The first-order valence-electron chi connectivity index (χ1n) is 9.42. The molecule has 3 nitrogen and oxygen atoms in total.